The number of nitrogens with zero attached hydrogens (tertiary/aromatic N) is 5. The summed E-state index contributed by atoms with van der Waals surface area (Å²) in [5.41, 5.74) is 0. The number of aliphatic hydroxyl groups is 1. The molecule has 7 nitrogen and oxygen atoms in total. The summed E-state index contributed by atoms with van der Waals surface area (Å²) in [5.74, 6) is 0.130. The Balaban J connectivity index is 2.82. The molecule has 1 heterocycles. The molecule has 1 N–H and O–H groups in total. The van der Waals surface area contributed by atoms with Crippen molar-refractivity contribution in [1.29, 1.82) is 0 Å². The highest BCUT2D eigenvalue weighted by atomic mass is 16.3. The lowest BCUT2D eigenvalue weighted by Gasteiger charge is -2.06. The van der Waals surface area contributed by atoms with Crippen LogP contribution in [0.25, 0.3) is 0 Å². The van der Waals surface area contributed by atoms with Gasteiger partial charge in [-0.25, -0.2) is 4.79 Å². The van der Waals surface area contributed by atoms with Crippen molar-refractivity contribution in [2.75, 3.05) is 14.1 Å². The molecule has 0 unspecified atom stereocenters. The van der Waals surface area contributed by atoms with E-state index in [9.17, 15) is 4.79 Å². The molecule has 0 aliphatic carbocycles. The monoisotopic (exact) mass is 171 g/mol. The van der Waals surface area contributed by atoms with Gasteiger partial charge < -0.3 is 10.0 Å². The average Bonchev–Trinajstić information content (AvgIpc) is 2.50. The normalized spacial score (nSPS) is 9.92. The van der Waals surface area contributed by atoms with Gasteiger partial charge in [0.25, 0.3) is 0 Å². The van der Waals surface area contributed by atoms with Crippen molar-refractivity contribution >= 4 is 6.03 Å². The Morgan fingerprint density at radius 2 is 2.33 bits per heavy atom. The number of rotatable bonds is 1. The van der Waals surface area contributed by atoms with Crippen LogP contribution in [0.15, 0.2) is 0 Å². The van der Waals surface area contributed by atoms with Gasteiger partial charge in [-0.15, -0.1) is 10.2 Å². The fourth-order valence-corrected chi connectivity index (χ4v) is 0.566. The lowest BCUT2D eigenvalue weighted by atomic mass is 10.7. The molecular weight excluding hydrogens is 162 g/mol. The Kier molecular flexibility index (Phi) is 2.34. The van der Waals surface area contributed by atoms with Crippen molar-refractivity contribution in [3.05, 3.63) is 5.82 Å². The summed E-state index contributed by atoms with van der Waals surface area (Å²) in [7, 11) is 3.15. The molecule has 0 spiro atoms. The quantitative estimate of drug-likeness (QED) is 0.567. The van der Waals surface area contributed by atoms with Crippen LogP contribution in [0.1, 0.15) is 5.82 Å². The molecule has 0 atom stereocenters. The molecule has 0 aliphatic rings. The lowest BCUT2D eigenvalue weighted by molar-refractivity contribution is 0.211. The van der Waals surface area contributed by atoms with Crippen LogP contribution in [-0.4, -0.2) is 50.3 Å². The predicted molar refractivity (Wildman–Crippen MR) is 38.2 cm³/mol. The summed E-state index contributed by atoms with van der Waals surface area (Å²) in [6.45, 7) is -0.319. The molecule has 0 bridgehead atoms. The van der Waals surface area contributed by atoms with Gasteiger partial charge in [-0.1, -0.05) is 4.80 Å². The Morgan fingerprint density at radius 3 is 2.75 bits per heavy atom. The Hall–Kier alpha value is -1.50. The maximum absolute atomic E-state index is 11.1. The van der Waals surface area contributed by atoms with Gasteiger partial charge in [0.1, 0.15) is 6.61 Å². The summed E-state index contributed by atoms with van der Waals surface area (Å²) >= 11 is 0. The molecule has 66 valence electrons. The molecule has 1 rings (SSSR count). The van der Waals surface area contributed by atoms with Crippen LogP contribution >= 0.6 is 0 Å². The fraction of sp³-hybridized carbons (Fsp3) is 0.600. The first-order valence-corrected chi connectivity index (χ1v) is 3.26. The van der Waals surface area contributed by atoms with E-state index in [2.05, 4.69) is 15.4 Å². The molecule has 0 fully saturated rings. The number of hydrogen-bond acceptors (Lipinski definition) is 5. The number of tetrazole rings is 1. The summed E-state index contributed by atoms with van der Waals surface area (Å²) in [4.78, 5) is 13.2. The second kappa shape index (κ2) is 3.26. The zero-order chi connectivity index (χ0) is 9.14. The Morgan fingerprint density at radius 1 is 1.67 bits per heavy atom. The summed E-state index contributed by atoms with van der Waals surface area (Å²) in [6.07, 6.45) is 0. The SMILES string of the molecule is CN(C)C(=O)n1nnc(CO)n1. The highest BCUT2D eigenvalue weighted by Gasteiger charge is 2.10. The zero-order valence-electron chi connectivity index (χ0n) is 6.80. The molecule has 0 radical (unpaired) electrons. The number of carbonyl (C=O) groups is 1. The molecule has 0 aromatic carbocycles. The third-order valence-corrected chi connectivity index (χ3v) is 1.15. The zero-order valence-corrected chi connectivity index (χ0v) is 6.80. The van der Waals surface area contributed by atoms with Gasteiger partial charge in [-0.3, -0.25) is 0 Å². The number of hydrogen-bond donors (Lipinski definition) is 1. The number of aromatic nitrogens is 4. The van der Waals surface area contributed by atoms with Gasteiger partial charge in [0.05, 0.1) is 0 Å². The van der Waals surface area contributed by atoms with E-state index in [-0.39, 0.29) is 12.4 Å². The number of aliphatic hydroxyl groups excluding tert-OH is 1. The topological polar surface area (TPSA) is 84.1 Å². The minimum atomic E-state index is -0.401. The first-order valence-electron chi connectivity index (χ1n) is 3.26. The molecule has 12 heavy (non-hydrogen) atoms. The smallest absolute Gasteiger partial charge is 0.362 e. The summed E-state index contributed by atoms with van der Waals surface area (Å²) in [5, 5.41) is 19.0. The standard InChI is InChI=1S/C5H9N5O2/c1-9(2)5(12)10-7-4(3-11)6-8-10/h11H,3H2,1-2H3. The molecule has 0 aliphatic heterocycles. The first kappa shape index (κ1) is 8.60. The van der Waals surface area contributed by atoms with Crippen molar-refractivity contribution in [2.24, 2.45) is 0 Å². The number of carbonyl (C=O) groups excluding carboxylic acids is 1. The average molecular weight is 171 g/mol. The molecule has 0 saturated heterocycles. The molecule has 0 saturated carbocycles. The molecule has 1 aromatic heterocycles. The van der Waals surface area contributed by atoms with E-state index in [1.807, 2.05) is 0 Å². The fourth-order valence-electron chi connectivity index (χ4n) is 0.566. The van der Waals surface area contributed by atoms with E-state index in [0.29, 0.717) is 0 Å². The number of amides is 1. The maximum Gasteiger partial charge on any atom is 0.362 e. The van der Waals surface area contributed by atoms with Gasteiger partial charge in [0, 0.05) is 14.1 Å². The third kappa shape index (κ3) is 1.56. The van der Waals surface area contributed by atoms with Crippen molar-refractivity contribution in [2.45, 2.75) is 6.61 Å². The van der Waals surface area contributed by atoms with E-state index in [1.165, 1.54) is 4.90 Å². The third-order valence-electron chi connectivity index (χ3n) is 1.15. The van der Waals surface area contributed by atoms with Gasteiger partial charge in [-0.2, -0.15) is 0 Å². The highest BCUT2D eigenvalue weighted by molar-refractivity contribution is 5.73. The lowest BCUT2D eigenvalue weighted by Crippen LogP contribution is -2.29. The molecular formula is C5H9N5O2. The van der Waals surface area contributed by atoms with Crippen molar-refractivity contribution in [3.63, 3.8) is 0 Å². The molecule has 1 amide bonds. The van der Waals surface area contributed by atoms with Gasteiger partial charge in [0.2, 0.25) is 5.82 Å². The van der Waals surface area contributed by atoms with E-state index >= 15 is 0 Å². The van der Waals surface area contributed by atoms with Crippen molar-refractivity contribution < 1.29 is 9.90 Å². The van der Waals surface area contributed by atoms with Crippen LogP contribution in [0.2, 0.25) is 0 Å². The van der Waals surface area contributed by atoms with Crippen LogP contribution in [0, 0.1) is 0 Å². The van der Waals surface area contributed by atoms with Crippen LogP contribution in [0.3, 0.4) is 0 Å². The van der Waals surface area contributed by atoms with E-state index in [4.69, 9.17) is 5.11 Å². The van der Waals surface area contributed by atoms with Crippen LogP contribution in [0.4, 0.5) is 4.79 Å². The predicted octanol–water partition coefficient (Wildman–Crippen LogP) is -1.30. The summed E-state index contributed by atoms with van der Waals surface area (Å²) < 4.78 is 0. The second-order valence-electron chi connectivity index (χ2n) is 2.33. The van der Waals surface area contributed by atoms with Crippen LogP contribution in [-0.2, 0) is 6.61 Å². The van der Waals surface area contributed by atoms with Crippen LogP contribution < -0.4 is 0 Å². The maximum atomic E-state index is 11.1. The minimum Gasteiger partial charge on any atom is -0.388 e. The van der Waals surface area contributed by atoms with Crippen LogP contribution in [0.5, 0.6) is 0 Å². The van der Waals surface area contributed by atoms with E-state index in [0.717, 1.165) is 4.80 Å². The summed E-state index contributed by atoms with van der Waals surface area (Å²) in [6, 6.07) is -0.401. The Bertz CT molecular complexity index is 281. The Labute approximate surface area is 68.6 Å². The van der Waals surface area contributed by atoms with Gasteiger partial charge in [0.15, 0.2) is 0 Å². The van der Waals surface area contributed by atoms with Gasteiger partial charge in [-0.05, 0) is 5.21 Å². The second-order valence-corrected chi connectivity index (χ2v) is 2.33. The highest BCUT2D eigenvalue weighted by Crippen LogP contribution is 1.87. The van der Waals surface area contributed by atoms with Crippen molar-refractivity contribution in [1.82, 2.24) is 25.1 Å². The molecule has 7 heteroatoms. The molecule has 1 aromatic rings. The largest absolute Gasteiger partial charge is 0.388 e. The minimum absolute atomic E-state index is 0.130. The van der Waals surface area contributed by atoms with E-state index in [1.54, 1.807) is 14.1 Å². The first-order chi connectivity index (χ1) is 5.65. The van der Waals surface area contributed by atoms with Crippen molar-refractivity contribution in [3.8, 4) is 0 Å². The van der Waals surface area contributed by atoms with E-state index < -0.39 is 6.03 Å². The van der Waals surface area contributed by atoms with Gasteiger partial charge >= 0.3 is 6.03 Å².